The molecule has 0 saturated heterocycles. The monoisotopic (exact) mass is 491 g/mol. The quantitative estimate of drug-likeness (QED) is 0.365. The van der Waals surface area contributed by atoms with Gasteiger partial charge in [-0.1, -0.05) is 42.5 Å². The average Bonchev–Trinajstić information content (AvgIpc) is 3.60. The molecule has 0 saturated carbocycles. The zero-order valence-electron chi connectivity index (χ0n) is 18.5. The number of para-hydroxylation sites is 1. The average molecular weight is 492 g/mol. The highest BCUT2D eigenvalue weighted by molar-refractivity contribution is 7.12. The molecule has 7 nitrogen and oxygen atoms in total. The zero-order valence-corrected chi connectivity index (χ0v) is 19.3. The Kier molecular flexibility index (Phi) is 7.69. The number of rotatable bonds is 9. The third-order valence-corrected chi connectivity index (χ3v) is 6.04. The lowest BCUT2D eigenvalue weighted by Gasteiger charge is -2.31. The fourth-order valence-corrected chi connectivity index (χ4v) is 4.18. The number of benzene rings is 2. The Hall–Kier alpha value is -4.24. The van der Waals surface area contributed by atoms with Crippen molar-refractivity contribution in [2.45, 2.75) is 12.6 Å². The highest BCUT2D eigenvalue weighted by Crippen LogP contribution is 2.29. The summed E-state index contributed by atoms with van der Waals surface area (Å²) in [6.45, 7) is -0.329. The number of hydrogen-bond acceptors (Lipinski definition) is 5. The maximum atomic E-state index is 14.9. The minimum Gasteiger partial charge on any atom is -0.467 e. The molecule has 0 aliphatic carbocycles. The molecule has 0 aliphatic rings. The van der Waals surface area contributed by atoms with E-state index in [9.17, 15) is 18.8 Å². The van der Waals surface area contributed by atoms with Crippen molar-refractivity contribution in [3.63, 3.8) is 0 Å². The lowest BCUT2D eigenvalue weighted by Crippen LogP contribution is -2.47. The van der Waals surface area contributed by atoms with E-state index in [0.29, 0.717) is 16.3 Å². The zero-order chi connectivity index (χ0) is 24.6. The van der Waals surface area contributed by atoms with E-state index in [1.54, 1.807) is 66.0 Å². The molecular formula is C26H22FN3O4S. The Labute approximate surface area is 205 Å². The maximum absolute atomic E-state index is 14.9. The van der Waals surface area contributed by atoms with E-state index in [2.05, 4.69) is 10.6 Å². The molecule has 4 rings (SSSR count). The van der Waals surface area contributed by atoms with E-state index in [-0.39, 0.29) is 18.7 Å². The third-order valence-electron chi connectivity index (χ3n) is 5.17. The van der Waals surface area contributed by atoms with Crippen LogP contribution in [0.4, 0.5) is 10.1 Å². The van der Waals surface area contributed by atoms with Crippen LogP contribution in [-0.4, -0.2) is 24.3 Å². The summed E-state index contributed by atoms with van der Waals surface area (Å²) in [5.41, 5.74) is 0.399. The molecule has 9 heteroatoms. The van der Waals surface area contributed by atoms with Gasteiger partial charge < -0.3 is 15.1 Å². The molecule has 0 radical (unpaired) electrons. The predicted molar refractivity (Wildman–Crippen MR) is 130 cm³/mol. The largest absolute Gasteiger partial charge is 0.467 e. The van der Waals surface area contributed by atoms with Gasteiger partial charge in [0.25, 0.3) is 5.91 Å². The number of hydrogen-bond donors (Lipinski definition) is 2. The summed E-state index contributed by atoms with van der Waals surface area (Å²) in [7, 11) is 0. The molecule has 0 spiro atoms. The van der Waals surface area contributed by atoms with Crippen LogP contribution in [-0.2, 0) is 16.1 Å². The smallest absolute Gasteiger partial charge is 0.261 e. The van der Waals surface area contributed by atoms with Crippen LogP contribution in [0, 0.1) is 5.82 Å². The number of furan rings is 1. The van der Waals surface area contributed by atoms with Crippen LogP contribution in [0.2, 0.25) is 0 Å². The first kappa shape index (κ1) is 23.9. The Morgan fingerprint density at radius 2 is 1.69 bits per heavy atom. The summed E-state index contributed by atoms with van der Waals surface area (Å²) >= 11 is 1.24. The molecule has 0 aliphatic heterocycles. The summed E-state index contributed by atoms with van der Waals surface area (Å²) in [4.78, 5) is 41.0. The Morgan fingerprint density at radius 3 is 2.37 bits per heavy atom. The second kappa shape index (κ2) is 11.3. The van der Waals surface area contributed by atoms with Gasteiger partial charge in [0.15, 0.2) is 0 Å². The van der Waals surface area contributed by atoms with Gasteiger partial charge in [-0.05, 0) is 41.8 Å². The van der Waals surface area contributed by atoms with Gasteiger partial charge in [-0.15, -0.1) is 11.3 Å². The van der Waals surface area contributed by atoms with E-state index in [1.165, 1.54) is 40.7 Å². The first-order chi connectivity index (χ1) is 17.0. The fourth-order valence-electron chi connectivity index (χ4n) is 3.54. The normalized spacial score (nSPS) is 11.5. The first-order valence-electron chi connectivity index (χ1n) is 10.8. The van der Waals surface area contributed by atoms with Crippen LogP contribution in [0.1, 0.15) is 27.0 Å². The number of nitrogens with one attached hydrogen (secondary N) is 2. The van der Waals surface area contributed by atoms with Crippen LogP contribution in [0.3, 0.4) is 0 Å². The maximum Gasteiger partial charge on any atom is 0.261 e. The van der Waals surface area contributed by atoms with Crippen molar-refractivity contribution in [2.75, 3.05) is 11.4 Å². The number of nitrogens with zero attached hydrogens (tertiary/aromatic N) is 1. The summed E-state index contributed by atoms with van der Waals surface area (Å²) < 4.78 is 20.2. The van der Waals surface area contributed by atoms with Crippen LogP contribution >= 0.6 is 11.3 Å². The van der Waals surface area contributed by atoms with Gasteiger partial charge in [0, 0.05) is 11.3 Å². The van der Waals surface area contributed by atoms with Gasteiger partial charge in [0.1, 0.15) is 17.6 Å². The highest BCUT2D eigenvalue weighted by atomic mass is 32.1. The summed E-state index contributed by atoms with van der Waals surface area (Å²) in [6.07, 6.45) is 1.48. The molecule has 3 amide bonds. The molecule has 35 heavy (non-hydrogen) atoms. The highest BCUT2D eigenvalue weighted by Gasteiger charge is 2.34. The van der Waals surface area contributed by atoms with Crippen molar-refractivity contribution in [1.29, 1.82) is 0 Å². The van der Waals surface area contributed by atoms with Gasteiger partial charge in [0.2, 0.25) is 11.8 Å². The summed E-state index contributed by atoms with van der Waals surface area (Å²) in [5.74, 6) is -1.73. The van der Waals surface area contributed by atoms with E-state index in [4.69, 9.17) is 4.42 Å². The van der Waals surface area contributed by atoms with Gasteiger partial charge in [0.05, 0.1) is 24.2 Å². The SMILES string of the molecule is O=C(NCC(=O)N(c1ccccc1)[C@H](C(=O)NCc1ccco1)c1ccccc1F)c1cccs1. The van der Waals surface area contributed by atoms with Crippen molar-refractivity contribution in [1.82, 2.24) is 10.6 Å². The lowest BCUT2D eigenvalue weighted by atomic mass is 10.0. The van der Waals surface area contributed by atoms with Crippen LogP contribution < -0.4 is 15.5 Å². The standard InChI is InChI=1S/C26H22FN3O4S/c27-21-12-5-4-11-20(21)24(26(33)28-16-19-10-6-14-34-19)30(18-8-2-1-3-9-18)23(31)17-29-25(32)22-13-7-15-35-22/h1-15,24H,16-17H2,(H,28,33)(H,29,32)/t24-/m0/s1. The van der Waals surface area contributed by atoms with E-state index >= 15 is 0 Å². The van der Waals surface area contributed by atoms with E-state index in [1.807, 2.05) is 0 Å². The molecular weight excluding hydrogens is 469 g/mol. The minimum absolute atomic E-state index is 0.0197. The number of halogens is 1. The Balaban J connectivity index is 1.66. The fraction of sp³-hybridized carbons (Fsp3) is 0.115. The van der Waals surface area contributed by atoms with Crippen molar-refractivity contribution < 1.29 is 23.2 Å². The molecule has 0 fully saturated rings. The molecule has 2 N–H and O–H groups in total. The minimum atomic E-state index is -1.33. The van der Waals surface area contributed by atoms with Crippen molar-refractivity contribution >= 4 is 34.7 Å². The first-order valence-corrected chi connectivity index (χ1v) is 11.7. The van der Waals surface area contributed by atoms with Crippen LogP contribution in [0.15, 0.2) is 94.9 Å². The van der Waals surface area contributed by atoms with Crippen LogP contribution in [0.5, 0.6) is 0 Å². The van der Waals surface area contributed by atoms with E-state index in [0.717, 1.165) is 0 Å². The number of carbonyl (C=O) groups is 3. The molecule has 2 heterocycles. The Bertz CT molecular complexity index is 1280. The molecule has 0 unspecified atom stereocenters. The molecule has 4 aromatic rings. The predicted octanol–water partition coefficient (Wildman–Crippen LogP) is 4.30. The van der Waals surface area contributed by atoms with E-state index < -0.39 is 29.6 Å². The number of anilines is 1. The van der Waals surface area contributed by atoms with Crippen LogP contribution in [0.25, 0.3) is 0 Å². The van der Waals surface area contributed by atoms with Gasteiger partial charge in [-0.25, -0.2) is 4.39 Å². The van der Waals surface area contributed by atoms with Gasteiger partial charge in [-0.2, -0.15) is 0 Å². The Morgan fingerprint density at radius 1 is 0.914 bits per heavy atom. The molecule has 2 aromatic carbocycles. The number of thiophene rings is 1. The third kappa shape index (κ3) is 5.82. The second-order valence-corrected chi connectivity index (χ2v) is 8.43. The molecule has 1 atom stereocenters. The van der Waals surface area contributed by atoms with Crippen molar-refractivity contribution in [2.24, 2.45) is 0 Å². The number of amides is 3. The molecule has 0 bridgehead atoms. The van der Waals surface area contributed by atoms with Gasteiger partial charge >= 0.3 is 0 Å². The molecule has 178 valence electrons. The summed E-state index contributed by atoms with van der Waals surface area (Å²) in [6, 6.07) is 19.7. The second-order valence-electron chi connectivity index (χ2n) is 7.48. The molecule has 2 aromatic heterocycles. The summed E-state index contributed by atoms with van der Waals surface area (Å²) in [5, 5.41) is 7.07. The van der Waals surface area contributed by atoms with Gasteiger partial charge in [-0.3, -0.25) is 19.3 Å². The topological polar surface area (TPSA) is 91.7 Å². The lowest BCUT2D eigenvalue weighted by molar-refractivity contribution is -0.126. The number of carbonyl (C=O) groups excluding carboxylic acids is 3. The van der Waals surface area contributed by atoms with Crippen molar-refractivity contribution in [3.05, 3.63) is 113 Å². The van der Waals surface area contributed by atoms with Crippen molar-refractivity contribution in [3.8, 4) is 0 Å².